The molecule has 3 aromatic rings. The number of hydrogen-bond donors (Lipinski definition) is 0. The van der Waals surface area contributed by atoms with Crippen molar-refractivity contribution in [3.05, 3.63) is 99.7 Å². The Morgan fingerprint density at radius 1 is 1.00 bits per heavy atom. The molecular weight excluding hydrogens is 426 g/mol. The van der Waals surface area contributed by atoms with Crippen molar-refractivity contribution in [2.75, 3.05) is 6.61 Å². The highest BCUT2D eigenvalue weighted by Gasteiger charge is 2.24. The lowest BCUT2D eigenvalue weighted by atomic mass is 10.1. The number of cyclic esters (lactones) is 1. The van der Waals surface area contributed by atoms with E-state index in [-0.39, 0.29) is 5.70 Å². The Morgan fingerprint density at radius 3 is 2.53 bits per heavy atom. The van der Waals surface area contributed by atoms with E-state index in [9.17, 15) is 4.79 Å². The molecule has 0 saturated carbocycles. The maximum absolute atomic E-state index is 12.3. The van der Waals surface area contributed by atoms with Gasteiger partial charge in [-0.1, -0.05) is 53.6 Å². The van der Waals surface area contributed by atoms with Crippen LogP contribution in [0, 0.1) is 6.92 Å². The van der Waals surface area contributed by atoms with Crippen molar-refractivity contribution in [2.24, 2.45) is 4.99 Å². The van der Waals surface area contributed by atoms with Crippen LogP contribution in [0.2, 0.25) is 5.02 Å². The topological polar surface area (TPSA) is 57.1 Å². The van der Waals surface area contributed by atoms with Gasteiger partial charge in [0.15, 0.2) is 17.2 Å². The van der Waals surface area contributed by atoms with E-state index in [0.717, 1.165) is 22.3 Å². The number of carbonyl (C=O) groups is 1. The molecule has 1 aliphatic heterocycles. The molecule has 0 N–H and O–H groups in total. The zero-order chi connectivity index (χ0) is 22.5. The van der Waals surface area contributed by atoms with E-state index < -0.39 is 5.97 Å². The van der Waals surface area contributed by atoms with Gasteiger partial charge >= 0.3 is 5.97 Å². The smallest absolute Gasteiger partial charge is 0.363 e. The zero-order valence-electron chi connectivity index (χ0n) is 17.8. The summed E-state index contributed by atoms with van der Waals surface area (Å²) < 4.78 is 17.0. The van der Waals surface area contributed by atoms with Crippen LogP contribution in [0.5, 0.6) is 11.5 Å². The van der Waals surface area contributed by atoms with Crippen molar-refractivity contribution in [1.29, 1.82) is 0 Å². The van der Waals surface area contributed by atoms with Crippen LogP contribution >= 0.6 is 11.6 Å². The molecule has 1 aliphatic rings. The third-order valence-corrected chi connectivity index (χ3v) is 5.20. The molecule has 0 saturated heterocycles. The van der Waals surface area contributed by atoms with Gasteiger partial charge in [0.1, 0.15) is 6.61 Å². The zero-order valence-corrected chi connectivity index (χ0v) is 18.6. The number of rotatable bonds is 7. The van der Waals surface area contributed by atoms with Gasteiger partial charge in [0.2, 0.25) is 5.90 Å². The van der Waals surface area contributed by atoms with E-state index in [2.05, 4.69) is 4.99 Å². The Kier molecular flexibility index (Phi) is 6.57. The molecule has 4 rings (SSSR count). The third kappa shape index (κ3) is 5.01. The number of nitrogens with zero attached hydrogens (tertiary/aromatic N) is 1. The quantitative estimate of drug-likeness (QED) is 0.330. The first-order valence-electron chi connectivity index (χ1n) is 10.3. The first-order chi connectivity index (χ1) is 15.5. The summed E-state index contributed by atoms with van der Waals surface area (Å²) >= 11 is 6.21. The molecule has 0 spiro atoms. The molecule has 0 aliphatic carbocycles. The SMILES string of the molecule is CCOc1cc(C=C2N=C(c3ccc(C)cc3)OC2=O)ccc1OCc1ccccc1Cl. The van der Waals surface area contributed by atoms with E-state index >= 15 is 0 Å². The summed E-state index contributed by atoms with van der Waals surface area (Å²) in [5.74, 6) is 0.971. The fourth-order valence-electron chi connectivity index (χ4n) is 3.16. The first kappa shape index (κ1) is 21.7. The number of halogens is 1. The van der Waals surface area contributed by atoms with Gasteiger partial charge in [0, 0.05) is 16.1 Å². The molecule has 32 heavy (non-hydrogen) atoms. The average Bonchev–Trinajstić information content (AvgIpc) is 3.15. The number of aryl methyl sites for hydroxylation is 1. The van der Waals surface area contributed by atoms with E-state index in [1.54, 1.807) is 12.1 Å². The van der Waals surface area contributed by atoms with Crippen molar-refractivity contribution in [1.82, 2.24) is 0 Å². The van der Waals surface area contributed by atoms with Crippen LogP contribution < -0.4 is 9.47 Å². The molecule has 0 atom stereocenters. The molecule has 162 valence electrons. The van der Waals surface area contributed by atoms with Crippen molar-refractivity contribution < 1.29 is 19.0 Å². The molecule has 0 unspecified atom stereocenters. The second kappa shape index (κ2) is 9.71. The molecule has 5 nitrogen and oxygen atoms in total. The standard InChI is InChI=1S/C26H22ClNO4/c1-3-30-24-15-18(10-13-23(24)31-16-20-6-4-5-7-21(20)27)14-22-26(29)32-25(28-22)19-11-8-17(2)9-12-19/h4-15H,3,16H2,1-2H3. The van der Waals surface area contributed by atoms with Gasteiger partial charge in [-0.15, -0.1) is 0 Å². The summed E-state index contributed by atoms with van der Waals surface area (Å²) in [7, 11) is 0. The maximum Gasteiger partial charge on any atom is 0.363 e. The number of carbonyl (C=O) groups excluding carboxylic acids is 1. The van der Waals surface area contributed by atoms with E-state index in [0.29, 0.717) is 35.6 Å². The predicted octanol–water partition coefficient (Wildman–Crippen LogP) is 5.97. The number of ether oxygens (including phenoxy) is 3. The Bertz CT molecular complexity index is 1200. The average molecular weight is 448 g/mol. The summed E-state index contributed by atoms with van der Waals surface area (Å²) in [6.45, 7) is 4.68. The minimum absolute atomic E-state index is 0.229. The van der Waals surface area contributed by atoms with Crippen LogP contribution in [0.15, 0.2) is 77.4 Å². The number of aliphatic imine (C=N–C) groups is 1. The van der Waals surface area contributed by atoms with Crippen LogP contribution in [-0.4, -0.2) is 18.5 Å². The summed E-state index contributed by atoms with van der Waals surface area (Å²) in [6, 6.07) is 20.6. The Balaban J connectivity index is 1.56. The van der Waals surface area contributed by atoms with Crippen molar-refractivity contribution in [2.45, 2.75) is 20.5 Å². The molecule has 3 aromatic carbocycles. The second-order valence-electron chi connectivity index (χ2n) is 7.22. The predicted molar refractivity (Wildman–Crippen MR) is 125 cm³/mol. The lowest BCUT2D eigenvalue weighted by Crippen LogP contribution is -2.05. The van der Waals surface area contributed by atoms with E-state index in [1.165, 1.54) is 0 Å². The number of benzene rings is 3. The Morgan fingerprint density at radius 2 is 1.78 bits per heavy atom. The molecule has 6 heteroatoms. The van der Waals surface area contributed by atoms with Crippen LogP contribution in [-0.2, 0) is 16.1 Å². The maximum atomic E-state index is 12.3. The van der Waals surface area contributed by atoms with E-state index in [1.807, 2.05) is 74.5 Å². The summed E-state index contributed by atoms with van der Waals surface area (Å²) in [5, 5.41) is 0.647. The summed E-state index contributed by atoms with van der Waals surface area (Å²) in [6.07, 6.45) is 1.67. The fraction of sp³-hybridized carbons (Fsp3) is 0.154. The molecule has 0 amide bonds. The molecule has 0 aromatic heterocycles. The van der Waals surface area contributed by atoms with Gasteiger partial charge in [-0.05, 0) is 55.8 Å². The van der Waals surface area contributed by atoms with Crippen LogP contribution in [0.1, 0.15) is 29.2 Å². The largest absolute Gasteiger partial charge is 0.490 e. The molecule has 0 fully saturated rings. The van der Waals surface area contributed by atoms with Gasteiger partial charge in [-0.3, -0.25) is 0 Å². The first-order valence-corrected chi connectivity index (χ1v) is 10.6. The fourth-order valence-corrected chi connectivity index (χ4v) is 3.35. The monoisotopic (exact) mass is 447 g/mol. The Labute approximate surface area is 191 Å². The molecule has 0 radical (unpaired) electrons. The lowest BCUT2D eigenvalue weighted by molar-refractivity contribution is -0.129. The van der Waals surface area contributed by atoms with Gasteiger partial charge in [0.05, 0.1) is 6.61 Å². The normalized spacial score (nSPS) is 14.3. The van der Waals surface area contributed by atoms with Crippen molar-refractivity contribution in [3.63, 3.8) is 0 Å². The molecular formula is C26H22ClNO4. The lowest BCUT2D eigenvalue weighted by Gasteiger charge is -2.13. The van der Waals surface area contributed by atoms with Crippen molar-refractivity contribution in [3.8, 4) is 11.5 Å². The number of hydrogen-bond acceptors (Lipinski definition) is 5. The number of esters is 1. The van der Waals surface area contributed by atoms with Crippen LogP contribution in [0.3, 0.4) is 0 Å². The van der Waals surface area contributed by atoms with Crippen molar-refractivity contribution >= 4 is 29.5 Å². The Hall–Kier alpha value is -3.57. The van der Waals surface area contributed by atoms with Gasteiger partial charge in [0.25, 0.3) is 0 Å². The molecule has 0 bridgehead atoms. The highest BCUT2D eigenvalue weighted by Crippen LogP contribution is 2.31. The highest BCUT2D eigenvalue weighted by atomic mass is 35.5. The minimum atomic E-state index is -0.488. The molecule has 1 heterocycles. The third-order valence-electron chi connectivity index (χ3n) is 4.83. The van der Waals surface area contributed by atoms with Crippen LogP contribution in [0.4, 0.5) is 0 Å². The summed E-state index contributed by atoms with van der Waals surface area (Å²) in [4.78, 5) is 16.7. The van der Waals surface area contributed by atoms with Gasteiger partial charge < -0.3 is 14.2 Å². The van der Waals surface area contributed by atoms with Gasteiger partial charge in [-0.25, -0.2) is 9.79 Å². The summed E-state index contributed by atoms with van der Waals surface area (Å²) in [5.41, 5.74) is 3.74. The van der Waals surface area contributed by atoms with E-state index in [4.69, 9.17) is 25.8 Å². The second-order valence-corrected chi connectivity index (χ2v) is 7.63. The minimum Gasteiger partial charge on any atom is -0.490 e. The van der Waals surface area contributed by atoms with Crippen LogP contribution in [0.25, 0.3) is 6.08 Å². The highest BCUT2D eigenvalue weighted by molar-refractivity contribution is 6.31. The van der Waals surface area contributed by atoms with Gasteiger partial charge in [-0.2, -0.15) is 0 Å².